The molecule has 179 valence electrons. The van der Waals surface area contributed by atoms with E-state index >= 15 is 0 Å². The van der Waals surface area contributed by atoms with Crippen molar-refractivity contribution in [2.75, 3.05) is 18.1 Å². The number of nitrogens with zero attached hydrogens (tertiary/aromatic N) is 3. The summed E-state index contributed by atoms with van der Waals surface area (Å²) in [5, 5.41) is 4.35. The standard InChI is InChI=1S/C29H31ClN3OSi/c1-29(2,3)21-11-14-25(15-12-21)35(24-9-5-4-6-10-24)34-17-7-8-23-19-33(23)28-26-16-13-22(30)18-27(26)31-20-32-28/h4-6,9-16,18,20,23H,7-8,17,19H2,1-3H3. The second-order valence-corrected chi connectivity index (χ2v) is 12.7. The Morgan fingerprint density at radius 3 is 2.46 bits per heavy atom. The van der Waals surface area contributed by atoms with Crippen molar-refractivity contribution in [3.8, 4) is 0 Å². The third-order valence-corrected chi connectivity index (χ3v) is 8.98. The smallest absolute Gasteiger partial charge is 0.282 e. The Hall–Kier alpha value is -2.73. The van der Waals surface area contributed by atoms with E-state index < -0.39 is 9.04 Å². The summed E-state index contributed by atoms with van der Waals surface area (Å²) in [5.41, 5.74) is 2.39. The van der Waals surface area contributed by atoms with Crippen LogP contribution in [0.4, 0.5) is 5.82 Å². The monoisotopic (exact) mass is 500 g/mol. The van der Waals surface area contributed by atoms with Crippen molar-refractivity contribution < 1.29 is 4.43 Å². The van der Waals surface area contributed by atoms with Crippen LogP contribution in [0, 0.1) is 0 Å². The molecule has 1 aromatic heterocycles. The van der Waals surface area contributed by atoms with Crippen molar-refractivity contribution in [1.29, 1.82) is 0 Å². The molecule has 1 fully saturated rings. The van der Waals surface area contributed by atoms with Crippen LogP contribution in [0.25, 0.3) is 10.9 Å². The molecule has 1 aliphatic rings. The molecular weight excluding hydrogens is 470 g/mol. The minimum absolute atomic E-state index is 0.149. The average molecular weight is 501 g/mol. The van der Waals surface area contributed by atoms with Gasteiger partial charge in [0, 0.05) is 29.6 Å². The van der Waals surface area contributed by atoms with Crippen molar-refractivity contribution in [3.05, 3.63) is 89.7 Å². The highest BCUT2D eigenvalue weighted by Crippen LogP contribution is 2.34. The van der Waals surface area contributed by atoms with Gasteiger partial charge in [0.05, 0.1) is 5.52 Å². The molecule has 35 heavy (non-hydrogen) atoms. The van der Waals surface area contributed by atoms with Crippen molar-refractivity contribution in [2.24, 2.45) is 0 Å². The molecule has 0 N–H and O–H groups in total. The maximum Gasteiger partial charge on any atom is 0.282 e. The number of anilines is 1. The lowest BCUT2D eigenvalue weighted by atomic mass is 9.87. The summed E-state index contributed by atoms with van der Waals surface area (Å²) in [5.74, 6) is 1.01. The van der Waals surface area contributed by atoms with Gasteiger partial charge in [-0.1, -0.05) is 87.0 Å². The minimum atomic E-state index is -1.28. The summed E-state index contributed by atoms with van der Waals surface area (Å²) in [6.07, 6.45) is 3.75. The van der Waals surface area contributed by atoms with Gasteiger partial charge in [0.2, 0.25) is 0 Å². The SMILES string of the molecule is CC(C)(C)c1ccc([Si](OCCCC2CN2c2ncnc3cc(Cl)ccc23)c2ccccc2)cc1. The van der Waals surface area contributed by atoms with E-state index in [2.05, 4.69) is 90.2 Å². The lowest BCUT2D eigenvalue weighted by molar-refractivity contribution is 0.321. The normalized spacial score (nSPS) is 15.7. The van der Waals surface area contributed by atoms with E-state index in [9.17, 15) is 0 Å². The molecule has 0 amide bonds. The van der Waals surface area contributed by atoms with E-state index in [4.69, 9.17) is 16.0 Å². The molecule has 4 aromatic rings. The molecular formula is C29H31ClN3OSi. The summed E-state index contributed by atoms with van der Waals surface area (Å²) in [7, 11) is -1.28. The Kier molecular flexibility index (Phi) is 6.92. The molecule has 1 atom stereocenters. The molecule has 1 aliphatic heterocycles. The zero-order valence-corrected chi connectivity index (χ0v) is 22.3. The van der Waals surface area contributed by atoms with Gasteiger partial charge in [-0.15, -0.1) is 0 Å². The first-order valence-corrected chi connectivity index (χ1v) is 14.0. The molecule has 4 nitrogen and oxygen atoms in total. The molecule has 0 saturated carbocycles. The second kappa shape index (κ2) is 10.1. The molecule has 5 rings (SSSR count). The largest absolute Gasteiger partial charge is 0.407 e. The van der Waals surface area contributed by atoms with E-state index in [0.29, 0.717) is 11.1 Å². The summed E-state index contributed by atoms with van der Waals surface area (Å²) in [4.78, 5) is 11.3. The highest BCUT2D eigenvalue weighted by molar-refractivity contribution is 6.80. The first-order chi connectivity index (χ1) is 16.9. The number of rotatable bonds is 8. The number of hydrogen-bond acceptors (Lipinski definition) is 4. The van der Waals surface area contributed by atoms with Crippen LogP contribution in [0.2, 0.25) is 5.02 Å². The second-order valence-electron chi connectivity index (χ2n) is 10.2. The fourth-order valence-electron chi connectivity index (χ4n) is 4.47. The van der Waals surface area contributed by atoms with Crippen LogP contribution in [0.1, 0.15) is 39.2 Å². The molecule has 0 aliphatic carbocycles. The van der Waals surface area contributed by atoms with E-state index in [-0.39, 0.29) is 5.41 Å². The molecule has 0 bridgehead atoms. The molecule has 0 spiro atoms. The lowest BCUT2D eigenvalue weighted by Crippen LogP contribution is -2.45. The number of halogens is 1. The maximum atomic E-state index is 6.59. The van der Waals surface area contributed by atoms with E-state index in [0.717, 1.165) is 42.7 Å². The zero-order chi connectivity index (χ0) is 24.4. The van der Waals surface area contributed by atoms with Gasteiger partial charge in [-0.2, -0.15) is 0 Å². The Morgan fingerprint density at radius 2 is 1.71 bits per heavy atom. The van der Waals surface area contributed by atoms with Crippen LogP contribution in [0.3, 0.4) is 0 Å². The Balaban J connectivity index is 1.21. The van der Waals surface area contributed by atoms with Crippen LogP contribution in [0.15, 0.2) is 79.1 Å². The predicted molar refractivity (Wildman–Crippen MR) is 147 cm³/mol. The zero-order valence-electron chi connectivity index (χ0n) is 20.5. The molecule has 3 aromatic carbocycles. The van der Waals surface area contributed by atoms with Gasteiger partial charge in [-0.3, -0.25) is 0 Å². The van der Waals surface area contributed by atoms with Gasteiger partial charge >= 0.3 is 0 Å². The highest BCUT2D eigenvalue weighted by atomic mass is 35.5. The Labute approximate surface area is 214 Å². The van der Waals surface area contributed by atoms with Gasteiger partial charge in [0.25, 0.3) is 9.04 Å². The third-order valence-electron chi connectivity index (χ3n) is 6.54. The van der Waals surface area contributed by atoms with Crippen LogP contribution < -0.4 is 15.3 Å². The average Bonchev–Trinajstić information content (AvgIpc) is 3.63. The number of benzene rings is 3. The van der Waals surface area contributed by atoms with Gasteiger partial charge in [-0.05, 0) is 52.4 Å². The maximum absolute atomic E-state index is 6.59. The van der Waals surface area contributed by atoms with Crippen LogP contribution >= 0.6 is 11.6 Å². The van der Waals surface area contributed by atoms with Crippen molar-refractivity contribution >= 4 is 47.7 Å². The van der Waals surface area contributed by atoms with Gasteiger partial charge in [0.15, 0.2) is 0 Å². The van der Waals surface area contributed by atoms with Crippen molar-refractivity contribution in [3.63, 3.8) is 0 Å². The number of aromatic nitrogens is 2. The van der Waals surface area contributed by atoms with Crippen molar-refractivity contribution in [1.82, 2.24) is 9.97 Å². The number of fused-ring (bicyclic) bond motifs is 1. The summed E-state index contributed by atoms with van der Waals surface area (Å²) in [6, 6.07) is 26.0. The van der Waals surface area contributed by atoms with Gasteiger partial charge < -0.3 is 9.33 Å². The topological polar surface area (TPSA) is 38.0 Å². The van der Waals surface area contributed by atoms with Gasteiger partial charge in [-0.25, -0.2) is 9.97 Å². The van der Waals surface area contributed by atoms with Crippen LogP contribution in [0.5, 0.6) is 0 Å². The highest BCUT2D eigenvalue weighted by Gasteiger charge is 2.35. The van der Waals surface area contributed by atoms with Crippen LogP contribution in [-0.2, 0) is 9.84 Å². The first-order valence-electron chi connectivity index (χ1n) is 12.2. The van der Waals surface area contributed by atoms with Gasteiger partial charge in [0.1, 0.15) is 12.1 Å². The number of hydrogen-bond donors (Lipinski definition) is 0. The molecule has 2 heterocycles. The molecule has 1 unspecified atom stereocenters. The predicted octanol–water partition coefficient (Wildman–Crippen LogP) is 5.37. The quantitative estimate of drug-likeness (QED) is 0.185. The third kappa shape index (κ3) is 5.58. The molecule has 1 radical (unpaired) electrons. The molecule has 1 saturated heterocycles. The minimum Gasteiger partial charge on any atom is -0.407 e. The van der Waals surface area contributed by atoms with E-state index in [1.54, 1.807) is 6.33 Å². The van der Waals surface area contributed by atoms with Crippen molar-refractivity contribution in [2.45, 2.75) is 45.1 Å². The Bertz CT molecular complexity index is 1290. The Morgan fingerprint density at radius 1 is 0.971 bits per heavy atom. The summed E-state index contributed by atoms with van der Waals surface area (Å²) < 4.78 is 6.59. The fourth-order valence-corrected chi connectivity index (χ4v) is 6.62. The first kappa shape index (κ1) is 24.0. The van der Waals surface area contributed by atoms with E-state index in [1.807, 2.05) is 18.2 Å². The molecule has 6 heteroatoms. The fraction of sp³-hybridized carbons (Fsp3) is 0.310. The lowest BCUT2D eigenvalue weighted by Gasteiger charge is -2.21. The summed E-state index contributed by atoms with van der Waals surface area (Å²) >= 11 is 6.14. The summed E-state index contributed by atoms with van der Waals surface area (Å²) in [6.45, 7) is 8.54. The van der Waals surface area contributed by atoms with Crippen LogP contribution in [-0.4, -0.2) is 38.2 Å². The van der Waals surface area contributed by atoms with E-state index in [1.165, 1.54) is 15.9 Å².